The fraction of sp³-hybridized carbons (Fsp3) is 0.333. The van der Waals surface area contributed by atoms with Crippen LogP contribution in [0.4, 0.5) is 11.4 Å². The van der Waals surface area contributed by atoms with Gasteiger partial charge in [0.05, 0.1) is 19.8 Å². The molecule has 9 nitrogen and oxygen atoms in total. The van der Waals surface area contributed by atoms with Crippen molar-refractivity contribution in [1.29, 1.82) is 0 Å². The lowest BCUT2D eigenvalue weighted by Gasteiger charge is -2.28. The van der Waals surface area contributed by atoms with Gasteiger partial charge < -0.3 is 19.9 Å². The van der Waals surface area contributed by atoms with Crippen molar-refractivity contribution >= 4 is 39.3 Å². The number of ether oxygens (including phenoxy) is 1. The number of morpholine rings is 1. The molecule has 34 heavy (non-hydrogen) atoms. The number of carbonyl (C=O) groups is 2. The summed E-state index contributed by atoms with van der Waals surface area (Å²) in [6.45, 7) is 2.87. The molecular formula is C24H30N4O5S. The minimum Gasteiger partial charge on any atom is -0.378 e. The van der Waals surface area contributed by atoms with Crippen LogP contribution in [-0.4, -0.2) is 71.6 Å². The van der Waals surface area contributed by atoms with Crippen LogP contribution in [0.25, 0.3) is 6.08 Å². The lowest BCUT2D eigenvalue weighted by molar-refractivity contribution is -0.133. The molecule has 10 heteroatoms. The molecule has 2 aromatic rings. The van der Waals surface area contributed by atoms with E-state index in [1.54, 1.807) is 12.1 Å². The zero-order valence-corrected chi connectivity index (χ0v) is 20.0. The van der Waals surface area contributed by atoms with Gasteiger partial charge in [-0.05, 0) is 35.9 Å². The number of rotatable bonds is 10. The Morgan fingerprint density at radius 2 is 1.74 bits per heavy atom. The monoisotopic (exact) mass is 486 g/mol. The van der Waals surface area contributed by atoms with Crippen molar-refractivity contribution in [3.63, 3.8) is 0 Å². The maximum atomic E-state index is 12.3. The van der Waals surface area contributed by atoms with E-state index in [2.05, 4.69) is 14.9 Å². The number of likely N-dealkylation sites (N-methyl/N-ethyl adjacent to an activating group) is 1. The molecule has 1 fully saturated rings. The summed E-state index contributed by atoms with van der Waals surface area (Å²) >= 11 is 0. The molecular weight excluding hydrogens is 456 g/mol. The van der Waals surface area contributed by atoms with Gasteiger partial charge in [-0.25, -0.2) is 13.1 Å². The molecule has 0 radical (unpaired) electrons. The lowest BCUT2D eigenvalue weighted by Crippen LogP contribution is -2.37. The summed E-state index contributed by atoms with van der Waals surface area (Å²) in [6, 6.07) is 16.6. The molecule has 2 aromatic carbocycles. The summed E-state index contributed by atoms with van der Waals surface area (Å²) in [5.74, 6) is -0.672. The highest BCUT2D eigenvalue weighted by atomic mass is 32.2. The predicted octanol–water partition coefficient (Wildman–Crippen LogP) is 1.90. The molecule has 0 atom stereocenters. The van der Waals surface area contributed by atoms with Crippen LogP contribution in [0.1, 0.15) is 12.0 Å². The summed E-state index contributed by atoms with van der Waals surface area (Å²) in [5, 5.41) is 3.84. The minimum atomic E-state index is -3.67. The Balaban J connectivity index is 1.39. The number of hydrogen-bond donors (Lipinski definition) is 2. The molecule has 0 spiro atoms. The standard InChI is InChI=1S/C24H30N4O5S/c1-27(24(30)11-13-25-34(31,32)18-12-20-5-3-2-4-6-20)19-23(29)26-21-7-9-22(10-8-21)28-14-16-33-17-15-28/h2-10,12,18,25H,11,13-17,19H2,1H3,(H,26,29)/b18-12+. The number of amides is 2. The number of nitrogens with one attached hydrogen (secondary N) is 2. The second-order valence-electron chi connectivity index (χ2n) is 7.85. The van der Waals surface area contributed by atoms with Crippen LogP contribution in [-0.2, 0) is 24.3 Å². The van der Waals surface area contributed by atoms with Crippen LogP contribution in [0.15, 0.2) is 60.0 Å². The average Bonchev–Trinajstić information content (AvgIpc) is 2.84. The van der Waals surface area contributed by atoms with Crippen LogP contribution in [0.3, 0.4) is 0 Å². The summed E-state index contributed by atoms with van der Waals surface area (Å²) < 4.78 is 31.9. The van der Waals surface area contributed by atoms with Gasteiger partial charge in [0.25, 0.3) is 0 Å². The van der Waals surface area contributed by atoms with E-state index in [0.29, 0.717) is 18.9 Å². The van der Waals surface area contributed by atoms with E-state index in [1.165, 1.54) is 18.0 Å². The van der Waals surface area contributed by atoms with E-state index < -0.39 is 10.0 Å². The molecule has 1 heterocycles. The zero-order chi connectivity index (χ0) is 24.4. The van der Waals surface area contributed by atoms with E-state index in [4.69, 9.17) is 4.74 Å². The Morgan fingerprint density at radius 3 is 2.41 bits per heavy atom. The Morgan fingerprint density at radius 1 is 1.06 bits per heavy atom. The third-order valence-electron chi connectivity index (χ3n) is 5.22. The SMILES string of the molecule is CN(CC(=O)Nc1ccc(N2CCOCC2)cc1)C(=O)CCNS(=O)(=O)/C=C/c1ccccc1. The van der Waals surface area contributed by atoms with Gasteiger partial charge in [0, 0.05) is 49.9 Å². The summed E-state index contributed by atoms with van der Waals surface area (Å²) in [6.07, 6.45) is 1.42. The summed E-state index contributed by atoms with van der Waals surface area (Å²) in [7, 11) is -2.16. The first kappa shape index (κ1) is 25.4. The van der Waals surface area contributed by atoms with E-state index in [-0.39, 0.29) is 31.3 Å². The van der Waals surface area contributed by atoms with Gasteiger partial charge in [-0.2, -0.15) is 0 Å². The van der Waals surface area contributed by atoms with E-state index >= 15 is 0 Å². The smallest absolute Gasteiger partial charge is 0.243 e. The minimum absolute atomic E-state index is 0.0591. The lowest BCUT2D eigenvalue weighted by atomic mass is 10.2. The molecule has 1 saturated heterocycles. The molecule has 2 amide bonds. The molecule has 0 bridgehead atoms. The van der Waals surface area contributed by atoms with Gasteiger partial charge in [-0.3, -0.25) is 9.59 Å². The van der Waals surface area contributed by atoms with Crippen molar-refractivity contribution in [3.8, 4) is 0 Å². The topological polar surface area (TPSA) is 108 Å². The van der Waals surface area contributed by atoms with Crippen molar-refractivity contribution in [3.05, 3.63) is 65.6 Å². The Hall–Kier alpha value is -3.21. The van der Waals surface area contributed by atoms with Gasteiger partial charge in [-0.1, -0.05) is 30.3 Å². The summed E-state index contributed by atoms with van der Waals surface area (Å²) in [5.41, 5.74) is 2.46. The van der Waals surface area contributed by atoms with Crippen LogP contribution in [0.2, 0.25) is 0 Å². The van der Waals surface area contributed by atoms with Crippen LogP contribution < -0.4 is 14.9 Å². The third kappa shape index (κ3) is 8.29. The Kier molecular flexibility index (Phi) is 9.20. The van der Waals surface area contributed by atoms with Crippen LogP contribution in [0.5, 0.6) is 0 Å². The first-order valence-corrected chi connectivity index (χ1v) is 12.6. The van der Waals surface area contributed by atoms with E-state index in [1.807, 2.05) is 42.5 Å². The van der Waals surface area contributed by atoms with Crippen molar-refractivity contribution in [2.45, 2.75) is 6.42 Å². The van der Waals surface area contributed by atoms with Crippen molar-refractivity contribution < 1.29 is 22.7 Å². The fourth-order valence-corrected chi connectivity index (χ4v) is 4.17. The number of nitrogens with zero attached hydrogens (tertiary/aromatic N) is 2. The van der Waals surface area contributed by atoms with Crippen LogP contribution >= 0.6 is 0 Å². The molecule has 2 N–H and O–H groups in total. The Labute approximate surface area is 200 Å². The number of sulfonamides is 1. The van der Waals surface area contributed by atoms with Gasteiger partial charge in [-0.15, -0.1) is 0 Å². The second-order valence-corrected chi connectivity index (χ2v) is 9.50. The largest absolute Gasteiger partial charge is 0.378 e. The maximum Gasteiger partial charge on any atom is 0.243 e. The maximum absolute atomic E-state index is 12.3. The first-order chi connectivity index (χ1) is 16.3. The summed E-state index contributed by atoms with van der Waals surface area (Å²) in [4.78, 5) is 28.1. The quantitative estimate of drug-likeness (QED) is 0.531. The van der Waals surface area contributed by atoms with Gasteiger partial charge in [0.2, 0.25) is 21.8 Å². The number of benzene rings is 2. The number of anilines is 2. The number of carbonyl (C=O) groups excluding carboxylic acids is 2. The molecule has 0 aromatic heterocycles. The molecule has 3 rings (SSSR count). The predicted molar refractivity (Wildman–Crippen MR) is 133 cm³/mol. The first-order valence-electron chi connectivity index (χ1n) is 11.0. The highest BCUT2D eigenvalue weighted by Crippen LogP contribution is 2.19. The van der Waals surface area contributed by atoms with Crippen LogP contribution in [0, 0.1) is 0 Å². The van der Waals surface area contributed by atoms with Crippen molar-refractivity contribution in [1.82, 2.24) is 9.62 Å². The number of hydrogen-bond acceptors (Lipinski definition) is 6. The molecule has 0 saturated carbocycles. The molecule has 0 aliphatic carbocycles. The zero-order valence-electron chi connectivity index (χ0n) is 19.1. The van der Waals surface area contributed by atoms with Crippen molar-refractivity contribution in [2.24, 2.45) is 0 Å². The van der Waals surface area contributed by atoms with Gasteiger partial charge >= 0.3 is 0 Å². The Bertz CT molecular complexity index is 1080. The van der Waals surface area contributed by atoms with E-state index in [0.717, 1.165) is 29.7 Å². The highest BCUT2D eigenvalue weighted by molar-refractivity contribution is 7.92. The van der Waals surface area contributed by atoms with Crippen molar-refractivity contribution in [2.75, 3.05) is 56.7 Å². The highest BCUT2D eigenvalue weighted by Gasteiger charge is 2.15. The molecule has 1 aliphatic rings. The average molecular weight is 487 g/mol. The fourth-order valence-electron chi connectivity index (χ4n) is 3.35. The second kappa shape index (κ2) is 12.3. The van der Waals surface area contributed by atoms with Gasteiger partial charge in [0.1, 0.15) is 0 Å². The van der Waals surface area contributed by atoms with E-state index in [9.17, 15) is 18.0 Å². The third-order valence-corrected chi connectivity index (χ3v) is 6.32. The molecule has 0 unspecified atom stereocenters. The molecule has 1 aliphatic heterocycles. The molecule has 182 valence electrons. The van der Waals surface area contributed by atoms with Gasteiger partial charge in [0.15, 0.2) is 0 Å². The normalized spacial score (nSPS) is 14.2.